The topological polar surface area (TPSA) is 35.2 Å². The van der Waals surface area contributed by atoms with Crippen molar-refractivity contribution < 1.29 is 4.74 Å². The van der Waals surface area contributed by atoms with E-state index in [0.717, 1.165) is 11.1 Å². The molecule has 0 fully saturated rings. The molecule has 0 radical (unpaired) electrons. The largest absolute Gasteiger partial charge is 0.483 e. The maximum absolute atomic E-state index is 6.16. The minimum atomic E-state index is -0.311. The molecule has 0 aliphatic rings. The van der Waals surface area contributed by atoms with Gasteiger partial charge in [-0.05, 0) is 30.7 Å². The fraction of sp³-hybridized carbons (Fsp3) is 0.200. The highest BCUT2D eigenvalue weighted by Gasteiger charge is 2.16. The lowest BCUT2D eigenvalue weighted by Crippen LogP contribution is -2.19. The van der Waals surface area contributed by atoms with Crippen LogP contribution in [0.1, 0.15) is 17.2 Å². The van der Waals surface area contributed by atoms with Crippen molar-refractivity contribution in [3.8, 4) is 5.75 Å². The monoisotopic (exact) mass is 295 g/mol. The highest BCUT2D eigenvalue weighted by atomic mass is 35.5. The summed E-state index contributed by atoms with van der Waals surface area (Å²) in [5.41, 5.74) is 7.72. The molecule has 0 heterocycles. The second kappa shape index (κ2) is 6.29. The summed E-state index contributed by atoms with van der Waals surface area (Å²) < 4.78 is 5.87. The molecule has 100 valence electrons. The maximum Gasteiger partial charge on any atom is 0.138 e. The Morgan fingerprint density at radius 1 is 1.11 bits per heavy atom. The van der Waals surface area contributed by atoms with Crippen molar-refractivity contribution in [1.82, 2.24) is 0 Å². The third kappa shape index (κ3) is 3.41. The van der Waals surface area contributed by atoms with E-state index in [-0.39, 0.29) is 6.10 Å². The van der Waals surface area contributed by atoms with Gasteiger partial charge in [0.15, 0.2) is 0 Å². The van der Waals surface area contributed by atoms with E-state index in [4.69, 9.17) is 33.7 Å². The van der Waals surface area contributed by atoms with Crippen molar-refractivity contribution >= 4 is 23.2 Å². The van der Waals surface area contributed by atoms with Gasteiger partial charge in [0.25, 0.3) is 0 Å². The van der Waals surface area contributed by atoms with Gasteiger partial charge in [0.05, 0.1) is 5.02 Å². The third-order valence-electron chi connectivity index (χ3n) is 2.82. The Labute approximate surface area is 123 Å². The minimum Gasteiger partial charge on any atom is -0.483 e. The summed E-state index contributed by atoms with van der Waals surface area (Å²) in [6, 6.07) is 13.2. The van der Waals surface area contributed by atoms with Gasteiger partial charge in [-0.3, -0.25) is 0 Å². The molecule has 0 saturated carbocycles. The number of nitrogens with two attached hydrogens (primary N) is 1. The number of benzene rings is 2. The van der Waals surface area contributed by atoms with Crippen LogP contribution in [0.5, 0.6) is 5.75 Å². The van der Waals surface area contributed by atoms with Gasteiger partial charge in [-0.2, -0.15) is 0 Å². The Bertz CT molecular complexity index is 572. The first kappa shape index (κ1) is 14.2. The average molecular weight is 296 g/mol. The predicted octanol–water partition coefficient (Wildman–Crippen LogP) is 4.38. The first-order valence-corrected chi connectivity index (χ1v) is 6.74. The van der Waals surface area contributed by atoms with Crippen LogP contribution < -0.4 is 10.5 Å². The van der Waals surface area contributed by atoms with Crippen LogP contribution in [-0.4, -0.2) is 6.54 Å². The summed E-state index contributed by atoms with van der Waals surface area (Å²) in [5, 5.41) is 1.21. The molecule has 0 aliphatic heterocycles. The molecule has 2 aromatic rings. The SMILES string of the molecule is Cc1ccc(OC(CN)c2ccccc2Cl)c(Cl)c1. The molecule has 2 aromatic carbocycles. The second-order valence-corrected chi connectivity index (χ2v) is 5.11. The zero-order valence-corrected chi connectivity index (χ0v) is 12.1. The van der Waals surface area contributed by atoms with E-state index in [0.29, 0.717) is 22.3 Å². The lowest BCUT2D eigenvalue weighted by Gasteiger charge is -2.19. The number of hydrogen-bond donors (Lipinski definition) is 1. The number of hydrogen-bond acceptors (Lipinski definition) is 2. The van der Waals surface area contributed by atoms with Crippen molar-refractivity contribution in [2.45, 2.75) is 13.0 Å². The quantitative estimate of drug-likeness (QED) is 0.908. The van der Waals surface area contributed by atoms with Gasteiger partial charge in [0.2, 0.25) is 0 Å². The fourth-order valence-electron chi connectivity index (χ4n) is 1.83. The van der Waals surface area contributed by atoms with Gasteiger partial charge in [-0.1, -0.05) is 47.5 Å². The van der Waals surface area contributed by atoms with Crippen molar-refractivity contribution in [2.24, 2.45) is 5.73 Å². The van der Waals surface area contributed by atoms with Crippen LogP contribution in [0.3, 0.4) is 0 Å². The normalized spacial score (nSPS) is 12.2. The zero-order valence-electron chi connectivity index (χ0n) is 10.6. The lowest BCUT2D eigenvalue weighted by atomic mass is 10.1. The molecular formula is C15H15Cl2NO. The van der Waals surface area contributed by atoms with Gasteiger partial charge in [-0.15, -0.1) is 0 Å². The summed E-state index contributed by atoms with van der Waals surface area (Å²) in [5.74, 6) is 0.614. The molecule has 0 aliphatic carbocycles. The molecule has 1 unspecified atom stereocenters. The van der Waals surface area contributed by atoms with E-state index in [1.807, 2.05) is 49.4 Å². The standard InChI is InChI=1S/C15H15Cl2NO/c1-10-6-7-14(13(17)8-10)19-15(9-18)11-4-2-3-5-12(11)16/h2-8,15H,9,18H2,1H3. The molecule has 0 spiro atoms. The molecule has 0 amide bonds. The van der Waals surface area contributed by atoms with Crippen LogP contribution in [0.15, 0.2) is 42.5 Å². The summed E-state index contributed by atoms with van der Waals surface area (Å²) in [6.07, 6.45) is -0.311. The lowest BCUT2D eigenvalue weighted by molar-refractivity contribution is 0.214. The Morgan fingerprint density at radius 3 is 2.47 bits per heavy atom. The van der Waals surface area contributed by atoms with E-state index in [2.05, 4.69) is 0 Å². The van der Waals surface area contributed by atoms with Crippen LogP contribution in [0.2, 0.25) is 10.0 Å². The van der Waals surface area contributed by atoms with Gasteiger partial charge in [0, 0.05) is 17.1 Å². The summed E-state index contributed by atoms with van der Waals surface area (Å²) in [6.45, 7) is 2.30. The maximum atomic E-state index is 6.16. The summed E-state index contributed by atoms with van der Waals surface area (Å²) in [7, 11) is 0. The Kier molecular flexibility index (Phi) is 4.70. The number of halogens is 2. The molecule has 0 bridgehead atoms. The molecule has 2 nitrogen and oxygen atoms in total. The molecule has 0 saturated heterocycles. The molecule has 1 atom stereocenters. The Morgan fingerprint density at radius 2 is 1.84 bits per heavy atom. The van der Waals surface area contributed by atoms with Gasteiger partial charge in [0.1, 0.15) is 11.9 Å². The third-order valence-corrected chi connectivity index (χ3v) is 3.46. The van der Waals surface area contributed by atoms with E-state index < -0.39 is 0 Å². The minimum absolute atomic E-state index is 0.311. The first-order chi connectivity index (χ1) is 9.11. The van der Waals surface area contributed by atoms with Crippen LogP contribution in [0, 0.1) is 6.92 Å². The van der Waals surface area contributed by atoms with Gasteiger partial charge < -0.3 is 10.5 Å². The van der Waals surface area contributed by atoms with Crippen LogP contribution in [0.25, 0.3) is 0 Å². The van der Waals surface area contributed by atoms with Crippen molar-refractivity contribution in [3.63, 3.8) is 0 Å². The van der Waals surface area contributed by atoms with Crippen molar-refractivity contribution in [1.29, 1.82) is 0 Å². The first-order valence-electron chi connectivity index (χ1n) is 5.99. The summed E-state index contributed by atoms with van der Waals surface area (Å²) in [4.78, 5) is 0. The highest BCUT2D eigenvalue weighted by Crippen LogP contribution is 2.31. The van der Waals surface area contributed by atoms with Crippen molar-refractivity contribution in [3.05, 3.63) is 63.6 Å². The molecule has 19 heavy (non-hydrogen) atoms. The summed E-state index contributed by atoms with van der Waals surface area (Å²) >= 11 is 12.3. The number of rotatable bonds is 4. The number of aryl methyl sites for hydroxylation is 1. The van der Waals surface area contributed by atoms with Gasteiger partial charge >= 0.3 is 0 Å². The van der Waals surface area contributed by atoms with Crippen LogP contribution in [-0.2, 0) is 0 Å². The van der Waals surface area contributed by atoms with Crippen LogP contribution >= 0.6 is 23.2 Å². The molecular weight excluding hydrogens is 281 g/mol. The molecule has 2 rings (SSSR count). The number of ether oxygens (including phenoxy) is 1. The van der Waals surface area contributed by atoms with E-state index in [9.17, 15) is 0 Å². The Balaban J connectivity index is 2.27. The predicted molar refractivity (Wildman–Crippen MR) is 80.1 cm³/mol. The van der Waals surface area contributed by atoms with Crippen LogP contribution in [0.4, 0.5) is 0 Å². The van der Waals surface area contributed by atoms with E-state index >= 15 is 0 Å². The average Bonchev–Trinajstić information content (AvgIpc) is 2.39. The zero-order chi connectivity index (χ0) is 13.8. The molecule has 0 aromatic heterocycles. The van der Waals surface area contributed by atoms with E-state index in [1.54, 1.807) is 0 Å². The van der Waals surface area contributed by atoms with E-state index in [1.165, 1.54) is 0 Å². The second-order valence-electron chi connectivity index (χ2n) is 4.30. The molecule has 2 N–H and O–H groups in total. The molecule has 4 heteroatoms. The smallest absolute Gasteiger partial charge is 0.138 e. The van der Waals surface area contributed by atoms with Crippen molar-refractivity contribution in [2.75, 3.05) is 6.54 Å². The fourth-order valence-corrected chi connectivity index (χ4v) is 2.37. The Hall–Kier alpha value is -1.22. The highest BCUT2D eigenvalue weighted by molar-refractivity contribution is 6.32. The van der Waals surface area contributed by atoms with Gasteiger partial charge in [-0.25, -0.2) is 0 Å².